The van der Waals surface area contributed by atoms with Crippen LogP contribution in [0.5, 0.6) is 5.75 Å². The van der Waals surface area contributed by atoms with Crippen LogP contribution in [0, 0.1) is 17.1 Å². The predicted molar refractivity (Wildman–Crippen MR) is 71.0 cm³/mol. The van der Waals surface area contributed by atoms with Gasteiger partial charge in [-0.3, -0.25) is 0 Å². The molecule has 2 rings (SSSR count). The topological polar surface area (TPSA) is 44.0 Å². The van der Waals surface area contributed by atoms with E-state index in [-0.39, 0.29) is 15.8 Å². The number of nitriles is 1. The molecule has 0 amide bonds. The molecule has 0 atom stereocenters. The maximum Gasteiger partial charge on any atom is 0.152 e. The quantitative estimate of drug-likeness (QED) is 0.895. The van der Waals surface area contributed by atoms with Crippen LogP contribution in [-0.4, -0.2) is 5.11 Å². The third kappa shape index (κ3) is 2.66. The minimum Gasteiger partial charge on any atom is -0.508 e. The standard InChI is InChI=1S/C13H7BrFNOS/c14-12-8(7-16)4-5-11(13(12)15)18-10-3-1-2-9(17)6-10/h1-6,17H. The number of nitrogens with zero attached hydrogens (tertiary/aromatic N) is 1. The molecule has 0 heterocycles. The van der Waals surface area contributed by atoms with Gasteiger partial charge in [0.1, 0.15) is 11.8 Å². The molecule has 90 valence electrons. The summed E-state index contributed by atoms with van der Waals surface area (Å²) >= 11 is 4.25. The predicted octanol–water partition coefficient (Wildman–Crippen LogP) is 4.32. The van der Waals surface area contributed by atoms with Gasteiger partial charge in [0.25, 0.3) is 0 Å². The van der Waals surface area contributed by atoms with Crippen LogP contribution in [0.2, 0.25) is 0 Å². The molecular formula is C13H7BrFNOS. The first kappa shape index (κ1) is 12.9. The zero-order valence-electron chi connectivity index (χ0n) is 9.02. The summed E-state index contributed by atoms with van der Waals surface area (Å²) < 4.78 is 14.1. The van der Waals surface area contributed by atoms with Crippen LogP contribution in [0.4, 0.5) is 4.39 Å². The van der Waals surface area contributed by atoms with Gasteiger partial charge in [-0.25, -0.2) is 4.39 Å². The Morgan fingerprint density at radius 2 is 2.06 bits per heavy atom. The highest BCUT2D eigenvalue weighted by atomic mass is 79.9. The second kappa shape index (κ2) is 5.42. The summed E-state index contributed by atoms with van der Waals surface area (Å²) in [7, 11) is 0. The average Bonchev–Trinajstić information content (AvgIpc) is 2.35. The molecule has 18 heavy (non-hydrogen) atoms. The molecule has 0 radical (unpaired) electrons. The van der Waals surface area contributed by atoms with E-state index in [1.54, 1.807) is 36.4 Å². The van der Waals surface area contributed by atoms with Crippen LogP contribution in [-0.2, 0) is 0 Å². The van der Waals surface area contributed by atoms with Crippen molar-refractivity contribution in [3.63, 3.8) is 0 Å². The lowest BCUT2D eigenvalue weighted by Gasteiger charge is -2.06. The van der Waals surface area contributed by atoms with Crippen molar-refractivity contribution < 1.29 is 9.50 Å². The molecular weight excluding hydrogens is 317 g/mol. The summed E-state index contributed by atoms with van der Waals surface area (Å²) in [5.41, 5.74) is 0.257. The first-order valence-corrected chi connectivity index (χ1v) is 6.57. The van der Waals surface area contributed by atoms with Gasteiger partial charge in [-0.1, -0.05) is 17.8 Å². The number of phenolic OH excluding ortho intramolecular Hbond substituents is 1. The average molecular weight is 324 g/mol. The van der Waals surface area contributed by atoms with E-state index in [1.807, 2.05) is 6.07 Å². The third-order valence-corrected chi connectivity index (χ3v) is 4.01. The molecule has 0 saturated heterocycles. The largest absolute Gasteiger partial charge is 0.508 e. The Balaban J connectivity index is 2.36. The van der Waals surface area contributed by atoms with Crippen LogP contribution in [0.1, 0.15) is 5.56 Å². The van der Waals surface area contributed by atoms with E-state index in [0.29, 0.717) is 4.90 Å². The molecule has 0 fully saturated rings. The van der Waals surface area contributed by atoms with Gasteiger partial charge in [-0.05, 0) is 46.3 Å². The molecule has 5 heteroatoms. The number of phenols is 1. The Bertz CT molecular complexity index is 639. The molecule has 0 aromatic heterocycles. The number of rotatable bonds is 2. The van der Waals surface area contributed by atoms with Gasteiger partial charge in [0.2, 0.25) is 0 Å². The van der Waals surface area contributed by atoms with Crippen molar-refractivity contribution in [1.29, 1.82) is 5.26 Å². The van der Waals surface area contributed by atoms with Gasteiger partial charge in [0, 0.05) is 9.79 Å². The summed E-state index contributed by atoms with van der Waals surface area (Å²) in [6, 6.07) is 11.6. The van der Waals surface area contributed by atoms with Gasteiger partial charge in [0.05, 0.1) is 10.0 Å². The van der Waals surface area contributed by atoms with Crippen molar-refractivity contribution in [3.8, 4) is 11.8 Å². The first-order valence-electron chi connectivity index (χ1n) is 4.97. The maximum atomic E-state index is 14.0. The minimum absolute atomic E-state index is 0.133. The van der Waals surface area contributed by atoms with Gasteiger partial charge >= 0.3 is 0 Å². The van der Waals surface area contributed by atoms with E-state index in [9.17, 15) is 9.50 Å². The molecule has 0 unspecified atom stereocenters. The molecule has 0 aliphatic carbocycles. The number of benzene rings is 2. The monoisotopic (exact) mass is 323 g/mol. The number of hydrogen-bond acceptors (Lipinski definition) is 3. The maximum absolute atomic E-state index is 14.0. The van der Waals surface area contributed by atoms with Gasteiger partial charge in [0.15, 0.2) is 5.82 Å². The highest BCUT2D eigenvalue weighted by Gasteiger charge is 2.12. The van der Waals surface area contributed by atoms with E-state index < -0.39 is 5.82 Å². The molecule has 0 aliphatic heterocycles. The van der Waals surface area contributed by atoms with Gasteiger partial charge < -0.3 is 5.11 Å². The van der Waals surface area contributed by atoms with Crippen LogP contribution in [0.15, 0.2) is 50.7 Å². The van der Waals surface area contributed by atoms with Crippen molar-refractivity contribution in [2.45, 2.75) is 9.79 Å². The second-order valence-corrected chi connectivity index (χ2v) is 5.36. The van der Waals surface area contributed by atoms with E-state index in [1.165, 1.54) is 11.8 Å². The molecule has 0 aliphatic rings. The van der Waals surface area contributed by atoms with Crippen LogP contribution < -0.4 is 0 Å². The smallest absolute Gasteiger partial charge is 0.152 e. The molecule has 0 saturated carbocycles. The molecule has 0 spiro atoms. The first-order chi connectivity index (χ1) is 8.61. The lowest BCUT2D eigenvalue weighted by atomic mass is 10.2. The Morgan fingerprint density at radius 3 is 2.72 bits per heavy atom. The van der Waals surface area contributed by atoms with Crippen LogP contribution in [0.25, 0.3) is 0 Å². The highest BCUT2D eigenvalue weighted by molar-refractivity contribution is 9.10. The summed E-state index contributed by atoms with van der Waals surface area (Å²) in [6.07, 6.45) is 0. The zero-order valence-corrected chi connectivity index (χ0v) is 11.4. The molecule has 2 aromatic rings. The summed E-state index contributed by atoms with van der Waals surface area (Å²) in [5.74, 6) is -0.337. The lowest BCUT2D eigenvalue weighted by molar-refractivity contribution is 0.474. The normalized spacial score (nSPS) is 10.1. The summed E-state index contributed by atoms with van der Waals surface area (Å²) in [4.78, 5) is 1.12. The fraction of sp³-hybridized carbons (Fsp3) is 0. The molecule has 0 bridgehead atoms. The Kier molecular flexibility index (Phi) is 3.90. The third-order valence-electron chi connectivity index (χ3n) is 2.21. The molecule has 2 nitrogen and oxygen atoms in total. The van der Waals surface area contributed by atoms with E-state index in [4.69, 9.17) is 5.26 Å². The van der Waals surface area contributed by atoms with E-state index in [0.717, 1.165) is 4.90 Å². The number of halogens is 2. The lowest BCUT2D eigenvalue weighted by Crippen LogP contribution is -1.87. The summed E-state index contributed by atoms with van der Waals surface area (Å²) in [5, 5.41) is 18.1. The highest BCUT2D eigenvalue weighted by Crippen LogP contribution is 2.35. The Hall–Kier alpha value is -1.51. The van der Waals surface area contributed by atoms with Gasteiger partial charge in [-0.2, -0.15) is 5.26 Å². The molecule has 1 N–H and O–H groups in total. The molecule has 2 aromatic carbocycles. The van der Waals surface area contributed by atoms with Crippen molar-refractivity contribution in [1.82, 2.24) is 0 Å². The van der Waals surface area contributed by atoms with Crippen molar-refractivity contribution >= 4 is 27.7 Å². The van der Waals surface area contributed by atoms with E-state index >= 15 is 0 Å². The number of aromatic hydroxyl groups is 1. The van der Waals surface area contributed by atoms with Crippen molar-refractivity contribution in [2.75, 3.05) is 0 Å². The SMILES string of the molecule is N#Cc1ccc(Sc2cccc(O)c2)c(F)c1Br. The van der Waals surface area contributed by atoms with E-state index in [2.05, 4.69) is 15.9 Å². The number of hydrogen-bond donors (Lipinski definition) is 1. The fourth-order valence-corrected chi connectivity index (χ4v) is 2.84. The van der Waals surface area contributed by atoms with Crippen molar-refractivity contribution in [2.24, 2.45) is 0 Å². The fourth-order valence-electron chi connectivity index (χ4n) is 1.37. The van der Waals surface area contributed by atoms with Crippen molar-refractivity contribution in [3.05, 3.63) is 52.3 Å². The minimum atomic E-state index is -0.470. The second-order valence-electron chi connectivity index (χ2n) is 3.45. The Labute approximate surface area is 116 Å². The van der Waals surface area contributed by atoms with Gasteiger partial charge in [-0.15, -0.1) is 0 Å². The zero-order chi connectivity index (χ0) is 13.1. The summed E-state index contributed by atoms with van der Waals surface area (Å²) in [6.45, 7) is 0. The van der Waals surface area contributed by atoms with Crippen LogP contribution in [0.3, 0.4) is 0 Å². The Morgan fingerprint density at radius 1 is 1.28 bits per heavy atom. The van der Waals surface area contributed by atoms with Crippen LogP contribution >= 0.6 is 27.7 Å².